The lowest BCUT2D eigenvalue weighted by atomic mass is 10.1. The van der Waals surface area contributed by atoms with Crippen LogP contribution < -0.4 is 15.0 Å². The van der Waals surface area contributed by atoms with Gasteiger partial charge in [0.2, 0.25) is 0 Å². The van der Waals surface area contributed by atoms with E-state index in [2.05, 4.69) is 5.32 Å². The molecule has 1 aromatic heterocycles. The highest BCUT2D eigenvalue weighted by Gasteiger charge is 2.33. The summed E-state index contributed by atoms with van der Waals surface area (Å²) in [5, 5.41) is 2.57. The van der Waals surface area contributed by atoms with Crippen molar-refractivity contribution in [1.29, 1.82) is 0 Å². The highest BCUT2D eigenvalue weighted by Crippen LogP contribution is 2.34. The summed E-state index contributed by atoms with van der Waals surface area (Å²) in [6.45, 7) is 2.96. The van der Waals surface area contributed by atoms with E-state index in [1.165, 1.54) is 11.2 Å². The average Bonchev–Trinajstić information content (AvgIpc) is 3.16. The summed E-state index contributed by atoms with van der Waals surface area (Å²) in [5.74, 6) is -0.366. The van der Waals surface area contributed by atoms with E-state index in [1.807, 2.05) is 13.0 Å². The maximum Gasteiger partial charge on any atom is 0.326 e. The van der Waals surface area contributed by atoms with Gasteiger partial charge in [0, 0.05) is 0 Å². The number of ether oxygens (including phenoxy) is 2. The van der Waals surface area contributed by atoms with Gasteiger partial charge in [-0.2, -0.15) is 0 Å². The molecule has 2 aromatic rings. The molecule has 2 heterocycles. The fourth-order valence-electron chi connectivity index (χ4n) is 2.65. The minimum absolute atomic E-state index is 0.204. The summed E-state index contributed by atoms with van der Waals surface area (Å²) in [7, 11) is 0. The van der Waals surface area contributed by atoms with Crippen molar-refractivity contribution in [3.05, 3.63) is 47.9 Å². The third-order valence-corrected chi connectivity index (χ3v) is 4.01. The van der Waals surface area contributed by atoms with Gasteiger partial charge in [-0.3, -0.25) is 19.3 Å². The standard InChI is InChI=1S/C19H20N2O6/c1-12-5-6-16-15(8-12)21(19(24)13(2)27-16)10-18(23)26-11-17(22)20-9-14-4-3-7-25-14/h3-8,13H,9-11H2,1-2H3,(H,20,22). The van der Waals surface area contributed by atoms with Crippen molar-refractivity contribution in [3.63, 3.8) is 0 Å². The molecule has 0 aliphatic carbocycles. The Morgan fingerprint density at radius 1 is 1.30 bits per heavy atom. The molecule has 1 aliphatic heterocycles. The van der Waals surface area contributed by atoms with E-state index >= 15 is 0 Å². The maximum absolute atomic E-state index is 12.4. The quantitative estimate of drug-likeness (QED) is 0.773. The van der Waals surface area contributed by atoms with E-state index in [-0.39, 0.29) is 19.0 Å². The van der Waals surface area contributed by atoms with Gasteiger partial charge >= 0.3 is 5.97 Å². The number of amides is 2. The zero-order valence-electron chi connectivity index (χ0n) is 15.1. The number of fused-ring (bicyclic) bond motifs is 1. The molecule has 3 rings (SSSR count). The lowest BCUT2D eigenvalue weighted by Crippen LogP contribution is -2.47. The Bertz CT molecular complexity index is 846. The van der Waals surface area contributed by atoms with Crippen molar-refractivity contribution >= 4 is 23.5 Å². The van der Waals surface area contributed by atoms with Gasteiger partial charge in [0.05, 0.1) is 18.5 Å². The van der Waals surface area contributed by atoms with Crippen molar-refractivity contribution in [1.82, 2.24) is 5.32 Å². The minimum atomic E-state index is -0.704. The molecule has 1 aliphatic rings. The Kier molecular flexibility index (Phi) is 5.44. The largest absolute Gasteiger partial charge is 0.479 e. The summed E-state index contributed by atoms with van der Waals surface area (Å²) in [4.78, 5) is 37.6. The predicted molar refractivity (Wildman–Crippen MR) is 95.1 cm³/mol. The van der Waals surface area contributed by atoms with E-state index in [0.717, 1.165) is 5.56 Å². The monoisotopic (exact) mass is 372 g/mol. The molecular weight excluding hydrogens is 352 g/mol. The van der Waals surface area contributed by atoms with E-state index in [0.29, 0.717) is 17.2 Å². The third-order valence-electron chi connectivity index (χ3n) is 4.01. The molecule has 1 N–H and O–H groups in total. The molecule has 0 bridgehead atoms. The van der Waals surface area contributed by atoms with Crippen molar-refractivity contribution in [2.24, 2.45) is 0 Å². The molecule has 0 radical (unpaired) electrons. The molecule has 1 unspecified atom stereocenters. The molecule has 1 aromatic carbocycles. The summed E-state index contributed by atoms with van der Waals surface area (Å²) in [6.07, 6.45) is 0.797. The van der Waals surface area contributed by atoms with Crippen LogP contribution in [-0.4, -0.2) is 37.0 Å². The minimum Gasteiger partial charge on any atom is -0.479 e. The molecule has 8 heteroatoms. The summed E-state index contributed by atoms with van der Waals surface area (Å²) in [5.41, 5.74) is 1.44. The Morgan fingerprint density at radius 3 is 2.85 bits per heavy atom. The van der Waals surface area contributed by atoms with Crippen molar-refractivity contribution in [2.75, 3.05) is 18.1 Å². The number of esters is 1. The van der Waals surface area contributed by atoms with E-state index < -0.39 is 24.6 Å². The molecule has 27 heavy (non-hydrogen) atoms. The Morgan fingerprint density at radius 2 is 2.11 bits per heavy atom. The van der Waals surface area contributed by atoms with Crippen LogP contribution in [0.2, 0.25) is 0 Å². The molecule has 0 spiro atoms. The number of carbonyl (C=O) groups is 3. The summed E-state index contributed by atoms with van der Waals surface area (Å²) < 4.78 is 15.6. The van der Waals surface area contributed by atoms with Gasteiger partial charge in [-0.25, -0.2) is 0 Å². The molecule has 0 fully saturated rings. The molecule has 0 saturated heterocycles. The molecule has 8 nitrogen and oxygen atoms in total. The van der Waals surface area contributed by atoms with Crippen LogP contribution in [0, 0.1) is 6.92 Å². The lowest BCUT2D eigenvalue weighted by Gasteiger charge is -2.32. The number of nitrogens with zero attached hydrogens (tertiary/aromatic N) is 1. The first-order valence-electron chi connectivity index (χ1n) is 8.47. The number of carbonyl (C=O) groups excluding carboxylic acids is 3. The van der Waals surface area contributed by atoms with Gasteiger partial charge in [-0.05, 0) is 43.7 Å². The van der Waals surface area contributed by atoms with E-state index in [4.69, 9.17) is 13.9 Å². The summed E-state index contributed by atoms with van der Waals surface area (Å²) >= 11 is 0. The van der Waals surface area contributed by atoms with Gasteiger partial charge in [0.1, 0.15) is 18.1 Å². The first-order chi connectivity index (χ1) is 12.9. The fourth-order valence-corrected chi connectivity index (χ4v) is 2.65. The van der Waals surface area contributed by atoms with Crippen LogP contribution in [-0.2, 0) is 25.7 Å². The van der Waals surface area contributed by atoms with Gasteiger partial charge in [-0.15, -0.1) is 0 Å². The van der Waals surface area contributed by atoms with Gasteiger partial charge in [0.25, 0.3) is 11.8 Å². The second-order valence-corrected chi connectivity index (χ2v) is 6.17. The van der Waals surface area contributed by atoms with Crippen LogP contribution in [0.5, 0.6) is 5.75 Å². The van der Waals surface area contributed by atoms with Crippen LogP contribution in [0.25, 0.3) is 0 Å². The topological polar surface area (TPSA) is 98.1 Å². The zero-order chi connectivity index (χ0) is 19.4. The highest BCUT2D eigenvalue weighted by molar-refractivity contribution is 6.03. The first-order valence-corrected chi connectivity index (χ1v) is 8.47. The highest BCUT2D eigenvalue weighted by atomic mass is 16.5. The Labute approximate surface area is 156 Å². The average molecular weight is 372 g/mol. The lowest BCUT2D eigenvalue weighted by molar-refractivity contribution is -0.148. The summed E-state index contributed by atoms with van der Waals surface area (Å²) in [6, 6.07) is 8.82. The van der Waals surface area contributed by atoms with Crippen molar-refractivity contribution in [2.45, 2.75) is 26.5 Å². The second kappa shape index (κ2) is 7.94. The molecule has 0 saturated carbocycles. The van der Waals surface area contributed by atoms with Crippen molar-refractivity contribution in [3.8, 4) is 5.75 Å². The number of rotatable bonds is 6. The number of aryl methyl sites for hydroxylation is 1. The first kappa shape index (κ1) is 18.5. The van der Waals surface area contributed by atoms with Crippen LogP contribution in [0.4, 0.5) is 5.69 Å². The predicted octanol–water partition coefficient (Wildman–Crippen LogP) is 1.56. The number of nitrogens with one attached hydrogen (secondary N) is 1. The SMILES string of the molecule is Cc1ccc2c(c1)N(CC(=O)OCC(=O)NCc1ccco1)C(=O)C(C)O2. The van der Waals surface area contributed by atoms with Crippen LogP contribution in [0.3, 0.4) is 0 Å². The van der Waals surface area contributed by atoms with Crippen LogP contribution >= 0.6 is 0 Å². The number of hydrogen-bond donors (Lipinski definition) is 1. The van der Waals surface area contributed by atoms with Crippen molar-refractivity contribution < 1.29 is 28.3 Å². The van der Waals surface area contributed by atoms with Gasteiger partial charge < -0.3 is 19.2 Å². The Hall–Kier alpha value is -3.29. The smallest absolute Gasteiger partial charge is 0.326 e. The number of furan rings is 1. The fraction of sp³-hybridized carbons (Fsp3) is 0.316. The molecule has 2 amide bonds. The Balaban J connectivity index is 1.56. The maximum atomic E-state index is 12.4. The zero-order valence-corrected chi connectivity index (χ0v) is 15.1. The van der Waals surface area contributed by atoms with E-state index in [9.17, 15) is 14.4 Å². The van der Waals surface area contributed by atoms with Crippen LogP contribution in [0.15, 0.2) is 41.0 Å². The normalized spacial score (nSPS) is 15.7. The molecule has 1 atom stereocenters. The number of anilines is 1. The van der Waals surface area contributed by atoms with Crippen LogP contribution in [0.1, 0.15) is 18.2 Å². The van der Waals surface area contributed by atoms with Gasteiger partial charge in [0.15, 0.2) is 12.7 Å². The van der Waals surface area contributed by atoms with Gasteiger partial charge in [-0.1, -0.05) is 6.07 Å². The second-order valence-electron chi connectivity index (χ2n) is 6.17. The van der Waals surface area contributed by atoms with E-state index in [1.54, 1.807) is 31.2 Å². The molecular formula is C19H20N2O6. The number of hydrogen-bond acceptors (Lipinski definition) is 6. The molecule has 142 valence electrons. The third kappa shape index (κ3) is 4.46. The number of benzene rings is 1.